The maximum atomic E-state index is 12.3. The fourth-order valence-electron chi connectivity index (χ4n) is 3.96. The monoisotopic (exact) mass is 257 g/mol. The van der Waals surface area contributed by atoms with Crippen molar-refractivity contribution in [3.63, 3.8) is 0 Å². The maximum absolute atomic E-state index is 12.3. The maximum Gasteiger partial charge on any atom is 0.251 e. The van der Waals surface area contributed by atoms with Crippen LogP contribution in [0.3, 0.4) is 0 Å². The molecule has 0 aliphatic heterocycles. The lowest BCUT2D eigenvalue weighted by Crippen LogP contribution is -2.46. The summed E-state index contributed by atoms with van der Waals surface area (Å²) in [4.78, 5) is 12.3. The van der Waals surface area contributed by atoms with Gasteiger partial charge in [0.25, 0.3) is 5.91 Å². The van der Waals surface area contributed by atoms with Gasteiger partial charge in [0.05, 0.1) is 0 Å². The van der Waals surface area contributed by atoms with Crippen molar-refractivity contribution in [2.24, 2.45) is 11.8 Å². The van der Waals surface area contributed by atoms with Crippen LogP contribution in [-0.2, 0) is 0 Å². The zero-order valence-electron chi connectivity index (χ0n) is 11.5. The van der Waals surface area contributed by atoms with Crippen molar-refractivity contribution in [2.45, 2.75) is 51.0 Å². The Morgan fingerprint density at radius 3 is 2.53 bits per heavy atom. The van der Waals surface area contributed by atoms with Crippen LogP contribution >= 0.6 is 0 Å². The molecule has 2 heteroatoms. The number of carbonyl (C=O) groups excluding carboxylic acids is 1. The summed E-state index contributed by atoms with van der Waals surface area (Å²) in [7, 11) is 0. The lowest BCUT2D eigenvalue weighted by Gasteiger charge is -2.41. The number of rotatable bonds is 2. The van der Waals surface area contributed by atoms with E-state index < -0.39 is 0 Å². The molecule has 1 aromatic rings. The van der Waals surface area contributed by atoms with Gasteiger partial charge in [-0.1, -0.05) is 50.3 Å². The summed E-state index contributed by atoms with van der Waals surface area (Å²) in [6, 6.07) is 10.0. The van der Waals surface area contributed by atoms with E-state index in [0.717, 1.165) is 17.4 Å². The summed E-state index contributed by atoms with van der Waals surface area (Å²) in [5, 5.41) is 3.30. The Hall–Kier alpha value is -1.31. The smallest absolute Gasteiger partial charge is 0.251 e. The van der Waals surface area contributed by atoms with Gasteiger partial charge in [0.1, 0.15) is 0 Å². The van der Waals surface area contributed by atoms with E-state index in [1.54, 1.807) is 0 Å². The van der Waals surface area contributed by atoms with Gasteiger partial charge in [-0.2, -0.15) is 0 Å². The van der Waals surface area contributed by atoms with Crippen LogP contribution in [0, 0.1) is 11.8 Å². The van der Waals surface area contributed by atoms with Crippen LogP contribution in [0.1, 0.15) is 55.3 Å². The van der Waals surface area contributed by atoms with Crippen LogP contribution in [0.2, 0.25) is 0 Å². The number of amides is 1. The van der Waals surface area contributed by atoms with E-state index in [4.69, 9.17) is 0 Å². The number of benzene rings is 1. The number of carbonyl (C=O) groups is 1. The Balaban J connectivity index is 1.66. The number of hydrogen-bond donors (Lipinski definition) is 1. The van der Waals surface area contributed by atoms with E-state index in [2.05, 4.69) is 5.32 Å². The zero-order valence-corrected chi connectivity index (χ0v) is 11.5. The molecule has 3 rings (SSSR count). The molecule has 102 valence electrons. The highest BCUT2D eigenvalue weighted by Crippen LogP contribution is 2.40. The van der Waals surface area contributed by atoms with Crippen LogP contribution in [0.4, 0.5) is 0 Å². The number of hydrogen-bond acceptors (Lipinski definition) is 1. The van der Waals surface area contributed by atoms with Crippen molar-refractivity contribution in [1.82, 2.24) is 5.32 Å². The molecule has 0 spiro atoms. The molecule has 2 aliphatic rings. The molecule has 0 radical (unpaired) electrons. The highest BCUT2D eigenvalue weighted by molar-refractivity contribution is 5.94. The second kappa shape index (κ2) is 5.77. The van der Waals surface area contributed by atoms with Gasteiger partial charge in [0.2, 0.25) is 0 Å². The van der Waals surface area contributed by atoms with Crippen molar-refractivity contribution < 1.29 is 4.79 Å². The molecule has 0 saturated heterocycles. The fourth-order valence-corrected chi connectivity index (χ4v) is 3.96. The second-order valence-electron chi connectivity index (χ2n) is 6.09. The van der Waals surface area contributed by atoms with Crippen LogP contribution in [-0.4, -0.2) is 11.9 Å². The lowest BCUT2D eigenvalue weighted by atomic mass is 9.68. The van der Waals surface area contributed by atoms with E-state index in [0.29, 0.717) is 6.04 Å². The van der Waals surface area contributed by atoms with Gasteiger partial charge < -0.3 is 5.32 Å². The Morgan fingerprint density at radius 1 is 0.947 bits per heavy atom. The summed E-state index contributed by atoms with van der Waals surface area (Å²) >= 11 is 0. The first kappa shape index (κ1) is 12.7. The summed E-state index contributed by atoms with van der Waals surface area (Å²) in [5.74, 6) is 1.70. The minimum absolute atomic E-state index is 0.108. The molecule has 0 bridgehead atoms. The molecule has 2 nitrogen and oxygen atoms in total. The van der Waals surface area contributed by atoms with Crippen molar-refractivity contribution >= 4 is 5.91 Å². The highest BCUT2D eigenvalue weighted by atomic mass is 16.1. The molecule has 1 N–H and O–H groups in total. The molecule has 0 unspecified atom stereocenters. The SMILES string of the molecule is O=C(N[C@@H]1CCC[C@H]2CCCC[C@@H]21)c1ccccc1. The van der Waals surface area contributed by atoms with Crippen LogP contribution in [0.25, 0.3) is 0 Å². The van der Waals surface area contributed by atoms with Crippen LogP contribution in [0.15, 0.2) is 30.3 Å². The summed E-state index contributed by atoms with van der Waals surface area (Å²) in [5.41, 5.74) is 0.792. The third kappa shape index (κ3) is 2.83. The zero-order chi connectivity index (χ0) is 13.1. The van der Waals surface area contributed by atoms with Gasteiger partial charge >= 0.3 is 0 Å². The predicted molar refractivity (Wildman–Crippen MR) is 77.0 cm³/mol. The van der Waals surface area contributed by atoms with E-state index in [1.165, 1.54) is 44.9 Å². The van der Waals surface area contributed by atoms with Gasteiger partial charge in [-0.25, -0.2) is 0 Å². The standard InChI is InChI=1S/C17H23NO/c19-17(14-8-2-1-3-9-14)18-16-12-6-10-13-7-4-5-11-15(13)16/h1-3,8-9,13,15-16H,4-7,10-12H2,(H,18,19)/t13-,15+,16-/m1/s1. The molecule has 1 aromatic carbocycles. The van der Waals surface area contributed by atoms with Gasteiger partial charge in [0.15, 0.2) is 0 Å². The molecule has 0 aromatic heterocycles. The molecule has 2 saturated carbocycles. The quantitative estimate of drug-likeness (QED) is 0.858. The average molecular weight is 257 g/mol. The normalized spacial score (nSPS) is 30.4. The molecular weight excluding hydrogens is 234 g/mol. The first-order chi connectivity index (χ1) is 9.34. The Labute approximate surface area is 115 Å². The van der Waals surface area contributed by atoms with E-state index in [1.807, 2.05) is 30.3 Å². The Bertz CT molecular complexity index is 426. The van der Waals surface area contributed by atoms with E-state index >= 15 is 0 Å². The first-order valence-corrected chi connectivity index (χ1v) is 7.70. The Kier molecular flexibility index (Phi) is 3.86. The fraction of sp³-hybridized carbons (Fsp3) is 0.588. The lowest BCUT2D eigenvalue weighted by molar-refractivity contribution is 0.0823. The van der Waals surface area contributed by atoms with E-state index in [-0.39, 0.29) is 5.91 Å². The Morgan fingerprint density at radius 2 is 1.68 bits per heavy atom. The summed E-state index contributed by atoms with van der Waals surface area (Å²) < 4.78 is 0. The first-order valence-electron chi connectivity index (χ1n) is 7.70. The third-order valence-electron chi connectivity index (χ3n) is 4.93. The number of fused-ring (bicyclic) bond motifs is 1. The van der Waals surface area contributed by atoms with Crippen LogP contribution < -0.4 is 5.32 Å². The highest BCUT2D eigenvalue weighted by Gasteiger charge is 2.35. The molecule has 2 aliphatic carbocycles. The minimum Gasteiger partial charge on any atom is -0.349 e. The molecule has 3 atom stereocenters. The molecule has 0 heterocycles. The van der Waals surface area contributed by atoms with E-state index in [9.17, 15) is 4.79 Å². The molecule has 19 heavy (non-hydrogen) atoms. The minimum atomic E-state index is 0.108. The van der Waals surface area contributed by atoms with Crippen molar-refractivity contribution in [2.75, 3.05) is 0 Å². The summed E-state index contributed by atoms with van der Waals surface area (Å²) in [6.07, 6.45) is 9.25. The third-order valence-corrected chi connectivity index (χ3v) is 4.93. The van der Waals surface area contributed by atoms with Gasteiger partial charge in [-0.3, -0.25) is 4.79 Å². The molecular formula is C17H23NO. The predicted octanol–water partition coefficient (Wildman–Crippen LogP) is 3.78. The molecule has 1 amide bonds. The van der Waals surface area contributed by atoms with Crippen molar-refractivity contribution in [1.29, 1.82) is 0 Å². The average Bonchev–Trinajstić information content (AvgIpc) is 2.48. The molecule has 2 fully saturated rings. The topological polar surface area (TPSA) is 29.1 Å². The van der Waals surface area contributed by atoms with Gasteiger partial charge in [0, 0.05) is 11.6 Å². The van der Waals surface area contributed by atoms with Gasteiger partial charge in [-0.15, -0.1) is 0 Å². The van der Waals surface area contributed by atoms with Crippen LogP contribution in [0.5, 0.6) is 0 Å². The summed E-state index contributed by atoms with van der Waals surface area (Å²) in [6.45, 7) is 0. The largest absolute Gasteiger partial charge is 0.349 e. The van der Waals surface area contributed by atoms with Gasteiger partial charge in [-0.05, 0) is 36.8 Å². The number of nitrogens with one attached hydrogen (secondary N) is 1. The van der Waals surface area contributed by atoms with Crippen molar-refractivity contribution in [3.8, 4) is 0 Å². The second-order valence-corrected chi connectivity index (χ2v) is 6.09. The van der Waals surface area contributed by atoms with Crippen molar-refractivity contribution in [3.05, 3.63) is 35.9 Å².